The molecule has 0 aromatic heterocycles. The van der Waals surface area contributed by atoms with Crippen molar-refractivity contribution in [3.8, 4) is 39.9 Å². The van der Waals surface area contributed by atoms with Gasteiger partial charge in [0.05, 0.1) is 39.6 Å². The summed E-state index contributed by atoms with van der Waals surface area (Å²) in [5.41, 5.74) is 7.60. The summed E-state index contributed by atoms with van der Waals surface area (Å²) in [7, 11) is 0. The van der Waals surface area contributed by atoms with Gasteiger partial charge in [-0.15, -0.1) is 0 Å². The van der Waals surface area contributed by atoms with Crippen molar-refractivity contribution in [3.63, 3.8) is 0 Å². The maximum atomic E-state index is 11.7. The highest BCUT2D eigenvalue weighted by molar-refractivity contribution is 6.05. The summed E-state index contributed by atoms with van der Waals surface area (Å²) in [6, 6.07) is 44.5. The Morgan fingerprint density at radius 1 is 0.368 bits per heavy atom. The number of carbonyl (C=O) groups is 4. The average Bonchev–Trinajstić information content (AvgIpc) is 3.46. The number of ether oxygens (including phenoxy) is 6. The van der Waals surface area contributed by atoms with Crippen LogP contribution in [0.2, 0.25) is 0 Å². The van der Waals surface area contributed by atoms with Crippen LogP contribution in [0.3, 0.4) is 0 Å². The van der Waals surface area contributed by atoms with E-state index in [-0.39, 0.29) is 17.3 Å². The fourth-order valence-electron chi connectivity index (χ4n) is 7.73. The third-order valence-electron chi connectivity index (χ3n) is 12.1. The molecular weight excluding hydrogens is 953 g/mol. The van der Waals surface area contributed by atoms with Crippen LogP contribution in [0.25, 0.3) is 11.1 Å². The first-order chi connectivity index (χ1) is 37.1. The van der Waals surface area contributed by atoms with Crippen LogP contribution in [0.4, 0.5) is 0 Å². The highest BCUT2D eigenvalue weighted by atomic mass is 16.5. The predicted octanol–water partition coefficient (Wildman–Crippen LogP) is 15.0. The molecule has 0 radical (unpaired) electrons. The lowest BCUT2D eigenvalue weighted by Gasteiger charge is -2.12. The highest BCUT2D eigenvalue weighted by Gasteiger charge is 2.07. The molecule has 0 amide bonds. The van der Waals surface area contributed by atoms with Crippen molar-refractivity contribution in [2.45, 2.75) is 77.6 Å². The number of ketones is 3. The predicted molar refractivity (Wildman–Crippen MR) is 304 cm³/mol. The summed E-state index contributed by atoms with van der Waals surface area (Å²) in [4.78, 5) is 45.8. The third-order valence-corrected chi connectivity index (χ3v) is 12.1. The fourth-order valence-corrected chi connectivity index (χ4v) is 7.73. The Kier molecular flexibility index (Phi) is 25.9. The Balaban J connectivity index is 0.000000290. The van der Waals surface area contributed by atoms with Crippen LogP contribution in [-0.2, 0) is 16.0 Å². The van der Waals surface area contributed by atoms with Gasteiger partial charge in [0.15, 0.2) is 17.3 Å². The van der Waals surface area contributed by atoms with Gasteiger partial charge < -0.3 is 28.4 Å². The Morgan fingerprint density at radius 2 is 0.697 bits per heavy atom. The Hall–Kier alpha value is -8.24. The van der Waals surface area contributed by atoms with Gasteiger partial charge >= 0.3 is 5.97 Å². The zero-order chi connectivity index (χ0) is 54.2. The van der Waals surface area contributed by atoms with Crippen molar-refractivity contribution in [1.29, 1.82) is 0 Å². The van der Waals surface area contributed by atoms with E-state index in [1.54, 1.807) is 24.3 Å². The first-order valence-electron chi connectivity index (χ1n) is 26.1. The lowest BCUT2D eigenvalue weighted by molar-refractivity contribution is -0.137. The van der Waals surface area contributed by atoms with Crippen molar-refractivity contribution in [2.24, 2.45) is 0 Å². The minimum absolute atomic E-state index is 0.0612. The van der Waals surface area contributed by atoms with Crippen LogP contribution in [0.1, 0.15) is 112 Å². The standard InChI is InChI=1S/C37H44O6.C29H28O4/c1-4-35(38)30-14-18-32(19-15-30)40-24-10-6-7-12-26-42-34-22-23-37(29(3)28-34)43-27-13-9-8-11-25-41-33-20-16-31(17-21-33)36(39)5-2;1-3-28(30)26-13-9-23(10-14-26)21-22-7-11-24(12-8-22)25-15-17-27(18-16-25)32-19-5-6-20-33-29(31)4-2/h4-5,14-23,28H,1-2,6-13,24-27H2,3H3;3-4,7-18H,1-2,5-6,19-21H2. The molecule has 0 fully saturated rings. The lowest BCUT2D eigenvalue weighted by atomic mass is 9.99. The van der Waals surface area contributed by atoms with Crippen LogP contribution in [0.5, 0.6) is 28.7 Å². The number of aryl methyl sites for hydroxylation is 1. The van der Waals surface area contributed by atoms with Gasteiger partial charge in [-0.2, -0.15) is 0 Å². The molecule has 0 atom stereocenters. The molecule has 396 valence electrons. The molecule has 0 bridgehead atoms. The molecular formula is C66H72O10. The van der Waals surface area contributed by atoms with E-state index in [1.807, 2.05) is 97.9 Å². The maximum Gasteiger partial charge on any atom is 0.330 e. The van der Waals surface area contributed by atoms with E-state index in [9.17, 15) is 19.2 Å². The summed E-state index contributed by atoms with van der Waals surface area (Å²) in [5.74, 6) is 3.51. The van der Waals surface area contributed by atoms with Gasteiger partial charge in [-0.25, -0.2) is 4.79 Å². The number of rotatable bonds is 34. The highest BCUT2D eigenvalue weighted by Crippen LogP contribution is 2.26. The molecule has 0 aliphatic rings. The van der Waals surface area contributed by atoms with Gasteiger partial charge in [0.25, 0.3) is 0 Å². The maximum absolute atomic E-state index is 11.7. The molecule has 6 rings (SSSR count). The third kappa shape index (κ3) is 21.3. The number of carbonyl (C=O) groups excluding carboxylic acids is 4. The molecule has 0 aliphatic heterocycles. The molecule has 0 heterocycles. The minimum Gasteiger partial charge on any atom is -0.494 e. The number of hydrogen-bond acceptors (Lipinski definition) is 10. The molecule has 10 nitrogen and oxygen atoms in total. The Labute approximate surface area is 449 Å². The molecule has 0 spiro atoms. The van der Waals surface area contributed by atoms with Crippen molar-refractivity contribution >= 4 is 23.3 Å². The first kappa shape index (κ1) is 58.6. The van der Waals surface area contributed by atoms with Crippen molar-refractivity contribution in [2.75, 3.05) is 39.6 Å². The van der Waals surface area contributed by atoms with Crippen molar-refractivity contribution in [3.05, 3.63) is 224 Å². The first-order valence-corrected chi connectivity index (χ1v) is 26.1. The molecule has 0 unspecified atom stereocenters. The topological polar surface area (TPSA) is 124 Å². The van der Waals surface area contributed by atoms with Gasteiger partial charge in [-0.3, -0.25) is 14.4 Å². The van der Waals surface area contributed by atoms with E-state index < -0.39 is 5.97 Å². The van der Waals surface area contributed by atoms with Crippen LogP contribution in [-0.4, -0.2) is 63.0 Å². The monoisotopic (exact) mass is 1020 g/mol. The van der Waals surface area contributed by atoms with E-state index in [4.69, 9.17) is 28.4 Å². The van der Waals surface area contributed by atoms with Gasteiger partial charge in [0.2, 0.25) is 0 Å². The molecule has 6 aromatic rings. The van der Waals surface area contributed by atoms with Gasteiger partial charge in [0.1, 0.15) is 28.7 Å². The second kappa shape index (κ2) is 33.6. The number of unbranched alkanes of at least 4 members (excludes halogenated alkanes) is 7. The quantitative estimate of drug-likeness (QED) is 0.0167. The lowest BCUT2D eigenvalue weighted by Crippen LogP contribution is -2.04. The van der Waals surface area contributed by atoms with Crippen LogP contribution < -0.4 is 23.7 Å². The number of benzene rings is 6. The summed E-state index contributed by atoms with van der Waals surface area (Å²) < 4.78 is 34.2. The second-order valence-corrected chi connectivity index (χ2v) is 17.9. The van der Waals surface area contributed by atoms with E-state index in [1.165, 1.54) is 29.9 Å². The SMILES string of the molecule is C=CC(=O)OCCCCOc1ccc(-c2ccc(Cc3ccc(C(=O)C=C)cc3)cc2)cc1.C=CC(=O)c1ccc(OCCCCCCOc2ccc(OCCCCCCOc3ccc(C(=O)C=C)cc3)c(C)c2)cc1. The largest absolute Gasteiger partial charge is 0.494 e. The normalized spacial score (nSPS) is 10.4. The molecule has 0 saturated heterocycles. The van der Waals surface area contributed by atoms with Gasteiger partial charge in [0, 0.05) is 22.8 Å². The summed E-state index contributed by atoms with van der Waals surface area (Å²) in [6.07, 6.45) is 15.7. The smallest absolute Gasteiger partial charge is 0.330 e. The molecule has 10 heteroatoms. The molecule has 0 aliphatic carbocycles. The molecule has 6 aromatic carbocycles. The molecule has 76 heavy (non-hydrogen) atoms. The number of hydrogen-bond donors (Lipinski definition) is 0. The Morgan fingerprint density at radius 3 is 1.11 bits per heavy atom. The fraction of sp³-hybridized carbons (Fsp3) is 0.273. The van der Waals surface area contributed by atoms with Gasteiger partial charge in [-0.05, 0) is 202 Å². The zero-order valence-electron chi connectivity index (χ0n) is 44.0. The molecule has 0 saturated carbocycles. The van der Waals surface area contributed by atoms with E-state index in [0.29, 0.717) is 56.3 Å². The summed E-state index contributed by atoms with van der Waals surface area (Å²) in [5, 5.41) is 0. The minimum atomic E-state index is -0.393. The zero-order valence-corrected chi connectivity index (χ0v) is 44.0. The van der Waals surface area contributed by atoms with E-state index in [2.05, 4.69) is 50.6 Å². The molecule has 0 N–H and O–H groups in total. The van der Waals surface area contributed by atoms with Crippen LogP contribution in [0, 0.1) is 6.92 Å². The van der Waals surface area contributed by atoms with Crippen LogP contribution in [0.15, 0.2) is 190 Å². The van der Waals surface area contributed by atoms with E-state index in [0.717, 1.165) is 122 Å². The Bertz CT molecular complexity index is 2760. The van der Waals surface area contributed by atoms with E-state index >= 15 is 0 Å². The second-order valence-electron chi connectivity index (χ2n) is 17.9. The number of allylic oxidation sites excluding steroid dienone is 3. The van der Waals surface area contributed by atoms with Crippen molar-refractivity contribution in [1.82, 2.24) is 0 Å². The number of esters is 1. The summed E-state index contributed by atoms with van der Waals surface area (Å²) in [6.45, 7) is 19.6. The summed E-state index contributed by atoms with van der Waals surface area (Å²) >= 11 is 0. The van der Waals surface area contributed by atoms with Gasteiger partial charge in [-0.1, -0.05) is 87.0 Å². The van der Waals surface area contributed by atoms with Crippen molar-refractivity contribution < 1.29 is 47.6 Å². The van der Waals surface area contributed by atoms with Crippen LogP contribution >= 0.6 is 0 Å². The average molecular weight is 1030 g/mol.